The first-order chi connectivity index (χ1) is 9.74. The van der Waals surface area contributed by atoms with Crippen molar-refractivity contribution >= 4 is 16.6 Å². The van der Waals surface area contributed by atoms with E-state index in [4.69, 9.17) is 0 Å². The van der Waals surface area contributed by atoms with Gasteiger partial charge in [-0.2, -0.15) is 5.10 Å². The van der Waals surface area contributed by atoms with E-state index in [2.05, 4.69) is 59.7 Å². The van der Waals surface area contributed by atoms with Crippen LogP contribution >= 0.6 is 0 Å². The van der Waals surface area contributed by atoms with Crippen LogP contribution in [0.4, 0.5) is 5.69 Å². The number of anilines is 1. The van der Waals surface area contributed by atoms with Gasteiger partial charge < -0.3 is 5.32 Å². The van der Waals surface area contributed by atoms with Gasteiger partial charge >= 0.3 is 0 Å². The number of nitrogens with zero attached hydrogens (tertiary/aromatic N) is 1. The van der Waals surface area contributed by atoms with Gasteiger partial charge in [0.1, 0.15) is 0 Å². The number of aromatic amines is 1. The zero-order chi connectivity index (χ0) is 13.9. The van der Waals surface area contributed by atoms with E-state index in [1.807, 2.05) is 18.3 Å². The fraction of sp³-hybridized carbons (Fsp3) is 0.235. The summed E-state index contributed by atoms with van der Waals surface area (Å²) in [5.74, 6) is 0.580. The van der Waals surface area contributed by atoms with Crippen LogP contribution in [0.5, 0.6) is 0 Å². The molecule has 0 saturated heterocycles. The molecular formula is C17H19N3. The van der Waals surface area contributed by atoms with Crippen LogP contribution in [0.25, 0.3) is 10.9 Å². The molecule has 0 saturated carbocycles. The first-order valence-electron chi connectivity index (χ1n) is 6.99. The minimum absolute atomic E-state index is 0.580. The van der Waals surface area contributed by atoms with E-state index in [-0.39, 0.29) is 0 Å². The molecule has 1 heterocycles. The number of fused-ring (bicyclic) bond motifs is 1. The van der Waals surface area contributed by atoms with Gasteiger partial charge in [0.25, 0.3) is 0 Å². The highest BCUT2D eigenvalue weighted by atomic mass is 15.1. The summed E-state index contributed by atoms with van der Waals surface area (Å²) in [5.41, 5.74) is 4.84. The van der Waals surface area contributed by atoms with Gasteiger partial charge in [0.15, 0.2) is 0 Å². The minimum Gasteiger partial charge on any atom is -0.380 e. The first-order valence-corrected chi connectivity index (χ1v) is 6.99. The summed E-state index contributed by atoms with van der Waals surface area (Å²) < 4.78 is 0. The lowest BCUT2D eigenvalue weighted by molar-refractivity contribution is 0.865. The van der Waals surface area contributed by atoms with E-state index in [9.17, 15) is 0 Å². The predicted molar refractivity (Wildman–Crippen MR) is 84.0 cm³/mol. The van der Waals surface area contributed by atoms with Crippen LogP contribution in [-0.2, 0) is 6.54 Å². The third-order valence-corrected chi connectivity index (χ3v) is 3.61. The molecule has 20 heavy (non-hydrogen) atoms. The molecule has 0 amide bonds. The molecule has 0 atom stereocenters. The van der Waals surface area contributed by atoms with Crippen LogP contribution in [0.2, 0.25) is 0 Å². The minimum atomic E-state index is 0.580. The molecule has 0 unspecified atom stereocenters. The monoisotopic (exact) mass is 265 g/mol. The molecule has 3 heteroatoms. The number of rotatable bonds is 4. The molecule has 3 aromatic rings. The van der Waals surface area contributed by atoms with Crippen molar-refractivity contribution in [1.29, 1.82) is 0 Å². The molecule has 0 aliphatic rings. The van der Waals surface area contributed by atoms with Crippen molar-refractivity contribution in [1.82, 2.24) is 10.2 Å². The SMILES string of the molecule is CC(C)c1ccc(CNc2cccc3[nH]ncc23)cc1. The van der Waals surface area contributed by atoms with Crippen molar-refractivity contribution in [3.8, 4) is 0 Å². The predicted octanol–water partition coefficient (Wildman–Crippen LogP) is 4.30. The van der Waals surface area contributed by atoms with Crippen molar-refractivity contribution in [3.63, 3.8) is 0 Å². The summed E-state index contributed by atoms with van der Waals surface area (Å²) in [6, 6.07) is 15.0. The average molecular weight is 265 g/mol. The number of benzene rings is 2. The molecule has 0 aliphatic carbocycles. The Morgan fingerprint density at radius 1 is 1.10 bits per heavy atom. The van der Waals surface area contributed by atoms with Crippen molar-refractivity contribution in [2.75, 3.05) is 5.32 Å². The van der Waals surface area contributed by atoms with Crippen LogP contribution in [0, 0.1) is 0 Å². The molecular weight excluding hydrogens is 246 g/mol. The first kappa shape index (κ1) is 12.7. The summed E-state index contributed by atoms with van der Waals surface area (Å²) in [7, 11) is 0. The Morgan fingerprint density at radius 3 is 2.65 bits per heavy atom. The highest BCUT2D eigenvalue weighted by Gasteiger charge is 2.03. The van der Waals surface area contributed by atoms with Gasteiger partial charge in [-0.1, -0.05) is 44.2 Å². The zero-order valence-electron chi connectivity index (χ0n) is 11.9. The maximum absolute atomic E-state index is 4.08. The number of nitrogens with one attached hydrogen (secondary N) is 2. The third-order valence-electron chi connectivity index (χ3n) is 3.61. The van der Waals surface area contributed by atoms with E-state index in [0.29, 0.717) is 5.92 Å². The molecule has 2 N–H and O–H groups in total. The van der Waals surface area contributed by atoms with E-state index in [1.165, 1.54) is 11.1 Å². The Kier molecular flexibility index (Phi) is 3.42. The van der Waals surface area contributed by atoms with E-state index in [1.54, 1.807) is 0 Å². The van der Waals surface area contributed by atoms with Gasteiger partial charge in [-0.05, 0) is 29.2 Å². The van der Waals surface area contributed by atoms with Crippen LogP contribution < -0.4 is 5.32 Å². The Bertz CT molecular complexity index is 696. The number of hydrogen-bond donors (Lipinski definition) is 2. The van der Waals surface area contributed by atoms with Crippen molar-refractivity contribution in [3.05, 3.63) is 59.8 Å². The topological polar surface area (TPSA) is 40.7 Å². The van der Waals surface area contributed by atoms with Crippen molar-refractivity contribution < 1.29 is 0 Å². The second-order valence-corrected chi connectivity index (χ2v) is 5.39. The van der Waals surface area contributed by atoms with E-state index < -0.39 is 0 Å². The van der Waals surface area contributed by atoms with Crippen molar-refractivity contribution in [2.24, 2.45) is 0 Å². The molecule has 0 fully saturated rings. The molecule has 3 rings (SSSR count). The van der Waals surface area contributed by atoms with Crippen LogP contribution in [0.1, 0.15) is 30.9 Å². The molecule has 0 spiro atoms. The maximum Gasteiger partial charge on any atom is 0.0671 e. The number of H-pyrrole nitrogens is 1. The fourth-order valence-corrected chi connectivity index (χ4v) is 2.34. The van der Waals surface area contributed by atoms with Crippen LogP contribution in [0.15, 0.2) is 48.7 Å². The highest BCUT2D eigenvalue weighted by molar-refractivity contribution is 5.90. The Labute approximate surface area is 119 Å². The summed E-state index contributed by atoms with van der Waals surface area (Å²) in [6.45, 7) is 5.25. The average Bonchev–Trinajstić information content (AvgIpc) is 2.94. The fourth-order valence-electron chi connectivity index (χ4n) is 2.34. The largest absolute Gasteiger partial charge is 0.380 e. The van der Waals surface area contributed by atoms with Crippen LogP contribution in [-0.4, -0.2) is 10.2 Å². The summed E-state index contributed by atoms with van der Waals surface area (Å²) in [4.78, 5) is 0. The van der Waals surface area contributed by atoms with E-state index in [0.717, 1.165) is 23.1 Å². The van der Waals surface area contributed by atoms with E-state index >= 15 is 0 Å². The lowest BCUT2D eigenvalue weighted by atomic mass is 10.0. The summed E-state index contributed by atoms with van der Waals surface area (Å²) >= 11 is 0. The number of aromatic nitrogens is 2. The summed E-state index contributed by atoms with van der Waals surface area (Å²) in [5, 5.41) is 11.7. The standard InChI is InChI=1S/C17H19N3/c1-12(2)14-8-6-13(7-9-14)10-18-16-4-3-5-17-15(16)11-19-20-17/h3-9,11-12,18H,10H2,1-2H3,(H,19,20). The second-order valence-electron chi connectivity index (χ2n) is 5.39. The lowest BCUT2D eigenvalue weighted by Gasteiger charge is -2.09. The Balaban J connectivity index is 1.74. The smallest absolute Gasteiger partial charge is 0.0671 e. The zero-order valence-corrected chi connectivity index (χ0v) is 11.9. The van der Waals surface area contributed by atoms with Gasteiger partial charge in [-0.15, -0.1) is 0 Å². The normalized spacial score (nSPS) is 11.2. The van der Waals surface area contributed by atoms with Gasteiger partial charge in [0, 0.05) is 17.6 Å². The van der Waals surface area contributed by atoms with Gasteiger partial charge in [-0.25, -0.2) is 0 Å². The molecule has 3 nitrogen and oxygen atoms in total. The molecule has 0 aliphatic heterocycles. The Hall–Kier alpha value is -2.29. The molecule has 1 aromatic heterocycles. The molecule has 0 radical (unpaired) electrons. The molecule has 102 valence electrons. The maximum atomic E-state index is 4.08. The van der Waals surface area contributed by atoms with Gasteiger partial charge in [0.05, 0.1) is 11.7 Å². The summed E-state index contributed by atoms with van der Waals surface area (Å²) in [6.07, 6.45) is 1.86. The van der Waals surface area contributed by atoms with Crippen molar-refractivity contribution in [2.45, 2.75) is 26.3 Å². The second kappa shape index (κ2) is 5.37. The van der Waals surface area contributed by atoms with Gasteiger partial charge in [-0.3, -0.25) is 5.10 Å². The highest BCUT2D eigenvalue weighted by Crippen LogP contribution is 2.22. The quantitative estimate of drug-likeness (QED) is 0.738. The van der Waals surface area contributed by atoms with Gasteiger partial charge in [0.2, 0.25) is 0 Å². The third kappa shape index (κ3) is 2.52. The van der Waals surface area contributed by atoms with Crippen LogP contribution in [0.3, 0.4) is 0 Å². The number of hydrogen-bond acceptors (Lipinski definition) is 2. The molecule has 0 bridgehead atoms. The Morgan fingerprint density at radius 2 is 1.90 bits per heavy atom. The lowest BCUT2D eigenvalue weighted by Crippen LogP contribution is -2.00. The molecule has 2 aromatic carbocycles.